The minimum absolute atomic E-state index is 0.0811. The maximum atomic E-state index is 10.3. The van der Waals surface area contributed by atoms with Crippen LogP contribution < -0.4 is 0 Å². The van der Waals surface area contributed by atoms with Crippen molar-refractivity contribution in [1.82, 2.24) is 0 Å². The van der Waals surface area contributed by atoms with Crippen molar-refractivity contribution in [1.29, 1.82) is 0 Å². The second-order valence-electron chi connectivity index (χ2n) is 5.35. The van der Waals surface area contributed by atoms with E-state index in [1.807, 2.05) is 13.0 Å². The summed E-state index contributed by atoms with van der Waals surface area (Å²) in [5.74, 6) is 0.0811. The van der Waals surface area contributed by atoms with Crippen LogP contribution in [-0.2, 0) is 9.47 Å². The summed E-state index contributed by atoms with van der Waals surface area (Å²) < 4.78 is 11.0. The number of aliphatic hydroxyl groups excluding tert-OH is 1. The van der Waals surface area contributed by atoms with Crippen LogP contribution in [0.3, 0.4) is 0 Å². The van der Waals surface area contributed by atoms with Crippen LogP contribution in [0.25, 0.3) is 0 Å². The molecule has 0 aliphatic carbocycles. The Morgan fingerprint density at radius 3 is 2.84 bits per heavy atom. The summed E-state index contributed by atoms with van der Waals surface area (Å²) in [7, 11) is 1.65. The molecule has 0 radical (unpaired) electrons. The van der Waals surface area contributed by atoms with Crippen LogP contribution in [0.1, 0.15) is 39.5 Å². The van der Waals surface area contributed by atoms with Crippen molar-refractivity contribution in [2.75, 3.05) is 20.3 Å². The van der Waals surface area contributed by atoms with Gasteiger partial charge in [0.2, 0.25) is 0 Å². The molecule has 0 aromatic carbocycles. The lowest BCUT2D eigenvalue weighted by atomic mass is 9.96. The smallest absolute Gasteiger partial charge is 0.102 e. The van der Waals surface area contributed by atoms with Gasteiger partial charge in [0, 0.05) is 19.6 Å². The summed E-state index contributed by atoms with van der Waals surface area (Å²) in [6, 6.07) is 0. The first kappa shape index (κ1) is 16.4. The molecule has 0 unspecified atom stereocenters. The zero-order valence-corrected chi connectivity index (χ0v) is 12.5. The summed E-state index contributed by atoms with van der Waals surface area (Å²) in [5, 5.41) is 10.3. The van der Waals surface area contributed by atoms with Crippen LogP contribution in [0.15, 0.2) is 23.8 Å². The quantitative estimate of drug-likeness (QED) is 0.743. The number of allylic oxidation sites excluding steroid dienone is 1. The van der Waals surface area contributed by atoms with E-state index in [4.69, 9.17) is 9.47 Å². The van der Waals surface area contributed by atoms with Gasteiger partial charge in [-0.25, -0.2) is 0 Å². The van der Waals surface area contributed by atoms with Crippen molar-refractivity contribution in [2.45, 2.75) is 51.7 Å². The maximum absolute atomic E-state index is 10.3. The van der Waals surface area contributed by atoms with Crippen molar-refractivity contribution < 1.29 is 14.6 Å². The summed E-state index contributed by atoms with van der Waals surface area (Å²) in [4.78, 5) is 0. The van der Waals surface area contributed by atoms with Gasteiger partial charge in [0.25, 0.3) is 0 Å². The van der Waals surface area contributed by atoms with Crippen LogP contribution >= 0.6 is 0 Å². The Morgan fingerprint density at radius 2 is 2.11 bits per heavy atom. The van der Waals surface area contributed by atoms with E-state index in [2.05, 4.69) is 19.1 Å². The molecule has 1 aliphatic heterocycles. The molecule has 1 rings (SSSR count). The lowest BCUT2D eigenvalue weighted by Gasteiger charge is -2.23. The molecular formula is C16H28O3. The zero-order chi connectivity index (χ0) is 14.1. The van der Waals surface area contributed by atoms with E-state index in [9.17, 15) is 5.11 Å². The first-order chi connectivity index (χ1) is 9.15. The topological polar surface area (TPSA) is 38.7 Å². The Balaban J connectivity index is 2.71. The van der Waals surface area contributed by atoms with Crippen molar-refractivity contribution in [2.24, 2.45) is 5.92 Å². The van der Waals surface area contributed by atoms with Gasteiger partial charge >= 0.3 is 0 Å². The third kappa shape index (κ3) is 6.37. The molecule has 110 valence electrons. The van der Waals surface area contributed by atoms with Gasteiger partial charge in [0.05, 0.1) is 12.7 Å². The highest BCUT2D eigenvalue weighted by Crippen LogP contribution is 2.17. The fourth-order valence-electron chi connectivity index (χ4n) is 2.29. The highest BCUT2D eigenvalue weighted by Gasteiger charge is 2.21. The number of aliphatic hydroxyl groups is 1. The van der Waals surface area contributed by atoms with Crippen molar-refractivity contribution >= 4 is 0 Å². The molecule has 0 spiro atoms. The van der Waals surface area contributed by atoms with E-state index in [1.165, 1.54) is 5.57 Å². The molecule has 0 amide bonds. The number of methoxy groups -OCH3 is 1. The lowest BCUT2D eigenvalue weighted by Crippen LogP contribution is -2.31. The van der Waals surface area contributed by atoms with Gasteiger partial charge in [0.15, 0.2) is 0 Å². The first-order valence-corrected chi connectivity index (χ1v) is 7.27. The normalized spacial score (nSPS) is 36.0. The van der Waals surface area contributed by atoms with Gasteiger partial charge in [-0.3, -0.25) is 0 Å². The Labute approximate surface area is 117 Å². The van der Waals surface area contributed by atoms with Crippen LogP contribution in [0.4, 0.5) is 0 Å². The molecule has 3 heteroatoms. The molecule has 0 saturated carbocycles. The molecular weight excluding hydrogens is 240 g/mol. The second-order valence-corrected chi connectivity index (χ2v) is 5.35. The Bertz CT molecular complexity index is 296. The molecule has 3 atom stereocenters. The average Bonchev–Trinajstić information content (AvgIpc) is 2.39. The molecule has 1 N–H and O–H groups in total. The van der Waals surface area contributed by atoms with Crippen molar-refractivity contribution in [3.05, 3.63) is 23.8 Å². The molecule has 3 nitrogen and oxygen atoms in total. The van der Waals surface area contributed by atoms with E-state index >= 15 is 0 Å². The number of rotatable bonds is 1. The molecule has 0 saturated heterocycles. The largest absolute Gasteiger partial charge is 0.389 e. The third-order valence-corrected chi connectivity index (χ3v) is 3.57. The van der Waals surface area contributed by atoms with E-state index in [1.54, 1.807) is 7.11 Å². The Hall–Kier alpha value is -0.640. The van der Waals surface area contributed by atoms with Crippen LogP contribution in [0, 0.1) is 5.92 Å². The highest BCUT2D eigenvalue weighted by molar-refractivity contribution is 5.05. The van der Waals surface area contributed by atoms with Crippen LogP contribution in [0.2, 0.25) is 0 Å². The van der Waals surface area contributed by atoms with Gasteiger partial charge in [-0.2, -0.15) is 0 Å². The monoisotopic (exact) mass is 268 g/mol. The molecule has 0 aromatic heterocycles. The van der Waals surface area contributed by atoms with Gasteiger partial charge in [0.1, 0.15) is 6.10 Å². The fourth-order valence-corrected chi connectivity index (χ4v) is 2.29. The van der Waals surface area contributed by atoms with Crippen LogP contribution in [-0.4, -0.2) is 37.6 Å². The van der Waals surface area contributed by atoms with Gasteiger partial charge in [-0.05, 0) is 32.6 Å². The summed E-state index contributed by atoms with van der Waals surface area (Å²) in [6.45, 7) is 5.73. The average molecular weight is 268 g/mol. The number of hydrogen-bond acceptors (Lipinski definition) is 3. The standard InChI is InChI=1S/C16H28O3/c1-13-9-11-19-10-7-5-4-6-8-15(18-3)16(17)14(2)12-13/h6,8,12,14-17H,4-5,7,9-11H2,1-3H3/b8-6+,13-12-/t14-,15+,16+/m1/s1. The van der Waals surface area contributed by atoms with Crippen molar-refractivity contribution in [3.8, 4) is 0 Å². The van der Waals surface area contributed by atoms with Crippen molar-refractivity contribution in [3.63, 3.8) is 0 Å². The first-order valence-electron chi connectivity index (χ1n) is 7.27. The Morgan fingerprint density at radius 1 is 1.32 bits per heavy atom. The van der Waals surface area contributed by atoms with Gasteiger partial charge < -0.3 is 14.6 Å². The SMILES string of the molecule is CO[C@H]1/C=C/CCCCOCC/C(C)=C\[C@@H](C)[C@@H]1O. The van der Waals surface area contributed by atoms with Gasteiger partial charge in [-0.1, -0.05) is 30.7 Å². The molecule has 19 heavy (non-hydrogen) atoms. The summed E-state index contributed by atoms with van der Waals surface area (Å²) in [6.07, 6.45) is 9.64. The molecule has 0 bridgehead atoms. The predicted octanol–water partition coefficient (Wildman–Crippen LogP) is 3.09. The Kier molecular flexibility index (Phi) is 8.03. The molecule has 1 aliphatic rings. The molecule has 0 aromatic rings. The molecule has 1 heterocycles. The number of hydrogen-bond donors (Lipinski definition) is 1. The minimum atomic E-state index is -0.500. The minimum Gasteiger partial charge on any atom is -0.389 e. The zero-order valence-electron chi connectivity index (χ0n) is 12.5. The van der Waals surface area contributed by atoms with E-state index in [0.717, 1.165) is 38.9 Å². The predicted molar refractivity (Wildman–Crippen MR) is 78.2 cm³/mol. The van der Waals surface area contributed by atoms with Crippen LogP contribution in [0.5, 0.6) is 0 Å². The third-order valence-electron chi connectivity index (χ3n) is 3.57. The maximum Gasteiger partial charge on any atom is 0.102 e. The van der Waals surface area contributed by atoms with E-state index < -0.39 is 6.10 Å². The second kappa shape index (κ2) is 9.29. The highest BCUT2D eigenvalue weighted by atomic mass is 16.5. The van der Waals surface area contributed by atoms with Gasteiger partial charge in [-0.15, -0.1) is 0 Å². The fraction of sp³-hybridized carbons (Fsp3) is 0.750. The molecule has 0 fully saturated rings. The number of ether oxygens (including phenoxy) is 2. The van der Waals surface area contributed by atoms with E-state index in [-0.39, 0.29) is 12.0 Å². The summed E-state index contributed by atoms with van der Waals surface area (Å²) in [5.41, 5.74) is 1.27. The van der Waals surface area contributed by atoms with E-state index in [0.29, 0.717) is 0 Å². The lowest BCUT2D eigenvalue weighted by molar-refractivity contribution is -0.00195. The summed E-state index contributed by atoms with van der Waals surface area (Å²) >= 11 is 0.